The first kappa shape index (κ1) is 14.5. The van der Waals surface area contributed by atoms with Crippen molar-refractivity contribution >= 4 is 33.3 Å². The lowest BCUT2D eigenvalue weighted by Crippen LogP contribution is -2.38. The highest BCUT2D eigenvalue weighted by Gasteiger charge is 2.33. The Morgan fingerprint density at radius 1 is 1.45 bits per heavy atom. The number of alkyl halides is 3. The summed E-state index contributed by atoms with van der Waals surface area (Å²) in [5, 5.41) is 10.5. The number of carboxylic acid groups (broad SMARTS) is 1. The van der Waals surface area contributed by atoms with Crippen molar-refractivity contribution in [2.24, 2.45) is 0 Å². The molecular weight excluding hydrogens is 295 g/mol. The van der Waals surface area contributed by atoms with Crippen LogP contribution in [0.25, 0.3) is 10.2 Å². The molecule has 0 saturated carbocycles. The quantitative estimate of drug-likeness (QED) is 0.940. The van der Waals surface area contributed by atoms with Crippen molar-refractivity contribution in [3.05, 3.63) is 17.3 Å². The Hall–Kier alpha value is -1.90. The van der Waals surface area contributed by atoms with Gasteiger partial charge in [0.25, 0.3) is 0 Å². The fourth-order valence-corrected chi connectivity index (χ4v) is 2.79. The summed E-state index contributed by atoms with van der Waals surface area (Å²) in [7, 11) is 0. The van der Waals surface area contributed by atoms with Crippen LogP contribution in [0.4, 0.5) is 19.0 Å². The van der Waals surface area contributed by atoms with Gasteiger partial charge in [-0.2, -0.15) is 13.2 Å². The van der Waals surface area contributed by atoms with Crippen molar-refractivity contribution in [1.82, 2.24) is 9.97 Å². The lowest BCUT2D eigenvalue weighted by Gasteiger charge is -2.23. The lowest BCUT2D eigenvalue weighted by atomic mass is 10.3. The number of aliphatic carboxylic acids is 1. The summed E-state index contributed by atoms with van der Waals surface area (Å²) in [5.41, 5.74) is 1.36. The molecule has 108 valence electrons. The number of anilines is 1. The smallest absolute Gasteiger partial charge is 0.405 e. The van der Waals surface area contributed by atoms with E-state index < -0.39 is 25.2 Å². The summed E-state index contributed by atoms with van der Waals surface area (Å²) in [5.74, 6) is -1.36. The van der Waals surface area contributed by atoms with Gasteiger partial charge in [-0.05, 0) is 17.9 Å². The molecule has 0 aliphatic carbocycles. The molecule has 0 aromatic carbocycles. The Balaban J connectivity index is 2.47. The third-order valence-electron chi connectivity index (χ3n) is 2.51. The van der Waals surface area contributed by atoms with Crippen molar-refractivity contribution in [2.45, 2.75) is 13.1 Å². The maximum Gasteiger partial charge on any atom is 0.405 e. The second kappa shape index (κ2) is 5.23. The summed E-state index contributed by atoms with van der Waals surface area (Å²) >= 11 is 1.20. The molecule has 0 atom stereocenters. The van der Waals surface area contributed by atoms with Gasteiger partial charge in [0.15, 0.2) is 5.82 Å². The third-order valence-corrected chi connectivity index (χ3v) is 3.59. The minimum atomic E-state index is -4.51. The van der Waals surface area contributed by atoms with E-state index >= 15 is 0 Å². The van der Waals surface area contributed by atoms with Crippen LogP contribution < -0.4 is 4.90 Å². The van der Waals surface area contributed by atoms with Crippen LogP contribution in [0.15, 0.2) is 11.7 Å². The molecule has 0 aliphatic rings. The maximum atomic E-state index is 12.6. The molecule has 0 spiro atoms. The molecule has 9 heteroatoms. The van der Waals surface area contributed by atoms with E-state index in [4.69, 9.17) is 5.11 Å². The summed E-state index contributed by atoms with van der Waals surface area (Å²) in [6, 6.07) is 0. The van der Waals surface area contributed by atoms with Gasteiger partial charge < -0.3 is 10.0 Å². The summed E-state index contributed by atoms with van der Waals surface area (Å²) in [6.45, 7) is -0.369. The SMILES string of the molecule is Cc1csc2c(N(CC(=O)O)CC(F)(F)F)ncnc12. The average molecular weight is 305 g/mol. The Labute approximate surface area is 115 Å². The van der Waals surface area contributed by atoms with Gasteiger partial charge in [0.2, 0.25) is 0 Å². The van der Waals surface area contributed by atoms with Gasteiger partial charge in [-0.25, -0.2) is 9.97 Å². The van der Waals surface area contributed by atoms with Crippen LogP contribution in [0.5, 0.6) is 0 Å². The van der Waals surface area contributed by atoms with Gasteiger partial charge in [0.1, 0.15) is 19.4 Å². The number of aryl methyl sites for hydroxylation is 1. The van der Waals surface area contributed by atoms with Gasteiger partial charge in [-0.15, -0.1) is 11.3 Å². The molecule has 0 unspecified atom stereocenters. The number of aromatic nitrogens is 2. The van der Waals surface area contributed by atoms with Gasteiger partial charge in [-0.1, -0.05) is 0 Å². The van der Waals surface area contributed by atoms with E-state index in [9.17, 15) is 18.0 Å². The monoisotopic (exact) mass is 305 g/mol. The molecule has 0 saturated heterocycles. The normalized spacial score (nSPS) is 11.8. The first-order valence-electron chi connectivity index (χ1n) is 5.50. The largest absolute Gasteiger partial charge is 0.480 e. The minimum absolute atomic E-state index is 0.00664. The number of thiophene rings is 1. The van der Waals surface area contributed by atoms with Crippen LogP contribution >= 0.6 is 11.3 Å². The van der Waals surface area contributed by atoms with E-state index in [2.05, 4.69) is 9.97 Å². The fraction of sp³-hybridized carbons (Fsp3) is 0.364. The topological polar surface area (TPSA) is 66.3 Å². The van der Waals surface area contributed by atoms with E-state index in [-0.39, 0.29) is 5.82 Å². The molecule has 2 heterocycles. The van der Waals surface area contributed by atoms with Gasteiger partial charge in [0, 0.05) is 0 Å². The Bertz CT molecular complexity index is 641. The molecule has 20 heavy (non-hydrogen) atoms. The van der Waals surface area contributed by atoms with E-state index in [1.807, 2.05) is 0 Å². The van der Waals surface area contributed by atoms with Gasteiger partial charge in [0.05, 0.1) is 10.2 Å². The van der Waals surface area contributed by atoms with Crippen LogP contribution in [0.2, 0.25) is 0 Å². The first-order chi connectivity index (χ1) is 9.28. The highest BCUT2D eigenvalue weighted by molar-refractivity contribution is 7.18. The number of halogens is 3. The second-order valence-electron chi connectivity index (χ2n) is 4.16. The van der Waals surface area contributed by atoms with Crippen LogP contribution in [-0.2, 0) is 4.79 Å². The molecule has 0 aliphatic heterocycles. The Morgan fingerprint density at radius 2 is 2.15 bits per heavy atom. The van der Waals surface area contributed by atoms with E-state index in [0.29, 0.717) is 15.1 Å². The lowest BCUT2D eigenvalue weighted by molar-refractivity contribution is -0.136. The highest BCUT2D eigenvalue weighted by atomic mass is 32.1. The number of hydrogen-bond donors (Lipinski definition) is 1. The molecule has 2 rings (SSSR count). The minimum Gasteiger partial charge on any atom is -0.480 e. The fourth-order valence-electron chi connectivity index (χ4n) is 1.77. The molecule has 1 N–H and O–H groups in total. The molecule has 0 fully saturated rings. The average Bonchev–Trinajstić information content (AvgIpc) is 2.68. The molecule has 0 bridgehead atoms. The first-order valence-corrected chi connectivity index (χ1v) is 6.38. The third kappa shape index (κ3) is 3.16. The summed E-state index contributed by atoms with van der Waals surface area (Å²) < 4.78 is 38.2. The van der Waals surface area contributed by atoms with Crippen LogP contribution in [0.1, 0.15) is 5.56 Å². The zero-order valence-electron chi connectivity index (χ0n) is 10.3. The number of rotatable bonds is 4. The molecule has 2 aromatic rings. The molecular formula is C11H10F3N3O2S. The Morgan fingerprint density at radius 3 is 2.75 bits per heavy atom. The zero-order chi connectivity index (χ0) is 14.9. The molecule has 0 radical (unpaired) electrons. The number of carbonyl (C=O) groups is 1. The maximum absolute atomic E-state index is 12.6. The van der Waals surface area contributed by atoms with Gasteiger partial charge >= 0.3 is 12.1 Å². The summed E-state index contributed by atoms with van der Waals surface area (Å²) in [4.78, 5) is 19.3. The van der Waals surface area contributed by atoms with E-state index in [0.717, 1.165) is 11.9 Å². The number of hydrogen-bond acceptors (Lipinski definition) is 5. The summed E-state index contributed by atoms with van der Waals surface area (Å²) in [6.07, 6.45) is -3.37. The molecule has 2 aromatic heterocycles. The number of fused-ring (bicyclic) bond motifs is 1. The van der Waals surface area contributed by atoms with E-state index in [1.54, 1.807) is 12.3 Å². The predicted octanol–water partition coefficient (Wildman–Crippen LogP) is 2.45. The van der Waals surface area contributed by atoms with Crippen molar-refractivity contribution in [3.8, 4) is 0 Å². The van der Waals surface area contributed by atoms with Crippen molar-refractivity contribution in [2.75, 3.05) is 18.0 Å². The number of carboxylic acids is 1. The Kier molecular flexibility index (Phi) is 3.80. The standard InChI is InChI=1S/C11H10F3N3O2S/c1-6-3-20-9-8(6)15-5-16-10(9)17(2-7(18)19)4-11(12,13)14/h3,5H,2,4H2,1H3,(H,18,19). The van der Waals surface area contributed by atoms with Crippen molar-refractivity contribution in [3.63, 3.8) is 0 Å². The zero-order valence-corrected chi connectivity index (χ0v) is 11.1. The van der Waals surface area contributed by atoms with Crippen LogP contribution in [-0.4, -0.2) is 40.3 Å². The van der Waals surface area contributed by atoms with Crippen LogP contribution in [0.3, 0.4) is 0 Å². The predicted molar refractivity (Wildman–Crippen MR) is 68.1 cm³/mol. The highest BCUT2D eigenvalue weighted by Crippen LogP contribution is 2.32. The molecule has 5 nitrogen and oxygen atoms in total. The van der Waals surface area contributed by atoms with Crippen LogP contribution in [0, 0.1) is 6.92 Å². The molecule has 0 amide bonds. The second-order valence-corrected chi connectivity index (χ2v) is 5.04. The van der Waals surface area contributed by atoms with Gasteiger partial charge in [-0.3, -0.25) is 4.79 Å². The number of nitrogens with zero attached hydrogens (tertiary/aromatic N) is 3. The van der Waals surface area contributed by atoms with Crippen molar-refractivity contribution < 1.29 is 23.1 Å². The van der Waals surface area contributed by atoms with E-state index in [1.165, 1.54) is 11.3 Å². The van der Waals surface area contributed by atoms with Crippen molar-refractivity contribution in [1.29, 1.82) is 0 Å².